The van der Waals surface area contributed by atoms with Gasteiger partial charge in [0, 0.05) is 42.6 Å². The van der Waals surface area contributed by atoms with Gasteiger partial charge < -0.3 is 9.80 Å². The van der Waals surface area contributed by atoms with Crippen LogP contribution >= 0.6 is 0 Å². The highest BCUT2D eigenvalue weighted by atomic mass is 16.2. The van der Waals surface area contributed by atoms with Crippen LogP contribution in [0, 0.1) is 20.8 Å². The first-order valence-electron chi connectivity index (χ1n) is 10.5. The molecule has 0 radical (unpaired) electrons. The van der Waals surface area contributed by atoms with Crippen molar-refractivity contribution in [3.05, 3.63) is 71.2 Å². The number of para-hydroxylation sites is 1. The Balaban J connectivity index is 1.47. The van der Waals surface area contributed by atoms with Gasteiger partial charge in [-0.3, -0.25) is 4.79 Å². The third-order valence-electron chi connectivity index (χ3n) is 5.92. The van der Waals surface area contributed by atoms with E-state index < -0.39 is 0 Å². The number of piperazine rings is 1. The first-order chi connectivity index (χ1) is 14.4. The molecule has 0 spiro atoms. The van der Waals surface area contributed by atoms with Crippen LogP contribution in [0.4, 0.5) is 5.82 Å². The fraction of sp³-hybridized carbons (Fsp3) is 0.375. The zero-order valence-electron chi connectivity index (χ0n) is 18.2. The maximum absolute atomic E-state index is 13.2. The minimum Gasteiger partial charge on any atom is -0.353 e. The Morgan fingerprint density at radius 3 is 2.50 bits per heavy atom. The molecule has 0 N–H and O–H groups in total. The van der Waals surface area contributed by atoms with Gasteiger partial charge in [-0.2, -0.15) is 5.10 Å². The lowest BCUT2D eigenvalue weighted by Gasteiger charge is -2.40. The average molecular weight is 404 g/mol. The molecule has 0 aliphatic carbocycles. The molecule has 1 amide bonds. The largest absolute Gasteiger partial charge is 0.353 e. The zero-order chi connectivity index (χ0) is 21.3. The molecular weight excluding hydrogens is 374 g/mol. The lowest BCUT2D eigenvalue weighted by Crippen LogP contribution is -2.54. The predicted octanol–water partition coefficient (Wildman–Crippen LogP) is 3.47. The number of aromatic nitrogens is 3. The highest BCUT2D eigenvalue weighted by molar-refractivity contribution is 5.80. The average Bonchev–Trinajstić information content (AvgIpc) is 3.02. The van der Waals surface area contributed by atoms with E-state index in [2.05, 4.69) is 21.9 Å². The fourth-order valence-electron chi connectivity index (χ4n) is 4.25. The Kier molecular flexibility index (Phi) is 5.57. The van der Waals surface area contributed by atoms with Crippen LogP contribution in [-0.2, 0) is 11.2 Å². The smallest absolute Gasteiger partial charge is 0.227 e. The van der Waals surface area contributed by atoms with Crippen molar-refractivity contribution in [2.24, 2.45) is 0 Å². The number of aryl methyl sites for hydroxylation is 2. The van der Waals surface area contributed by atoms with E-state index in [1.165, 1.54) is 0 Å². The fourth-order valence-corrected chi connectivity index (χ4v) is 4.25. The third-order valence-corrected chi connectivity index (χ3v) is 5.92. The van der Waals surface area contributed by atoms with E-state index in [9.17, 15) is 4.79 Å². The normalized spacial score (nSPS) is 16.7. The van der Waals surface area contributed by atoms with Crippen molar-refractivity contribution in [3.63, 3.8) is 0 Å². The summed E-state index contributed by atoms with van der Waals surface area (Å²) in [6.45, 7) is 10.5. The molecule has 156 valence electrons. The first kappa shape index (κ1) is 20.1. The molecule has 6 nitrogen and oxygen atoms in total. The van der Waals surface area contributed by atoms with Gasteiger partial charge in [0.05, 0.1) is 17.8 Å². The van der Waals surface area contributed by atoms with Gasteiger partial charge in [0.25, 0.3) is 0 Å². The molecule has 30 heavy (non-hydrogen) atoms. The standard InChI is InChI=1S/C24H29N5O/c1-17-9-8-12-23(25-17)27-13-14-28(18(2)16-27)24(30)15-22-19(3)26-29(20(22)4)21-10-6-5-7-11-21/h5-12,18H,13-16H2,1-4H3. The van der Waals surface area contributed by atoms with E-state index in [0.29, 0.717) is 13.0 Å². The molecule has 2 aromatic heterocycles. The number of carbonyl (C=O) groups is 1. The van der Waals surface area contributed by atoms with Gasteiger partial charge in [-0.25, -0.2) is 9.67 Å². The van der Waals surface area contributed by atoms with Crippen molar-refractivity contribution >= 4 is 11.7 Å². The summed E-state index contributed by atoms with van der Waals surface area (Å²) in [5.74, 6) is 1.16. The lowest BCUT2D eigenvalue weighted by molar-refractivity contribution is -0.132. The molecule has 4 rings (SSSR count). The van der Waals surface area contributed by atoms with Gasteiger partial charge in [-0.15, -0.1) is 0 Å². The van der Waals surface area contributed by atoms with Gasteiger partial charge in [-0.05, 0) is 52.0 Å². The summed E-state index contributed by atoms with van der Waals surface area (Å²) in [6.07, 6.45) is 0.386. The molecule has 1 atom stereocenters. The molecule has 6 heteroatoms. The summed E-state index contributed by atoms with van der Waals surface area (Å²) in [7, 11) is 0. The third kappa shape index (κ3) is 3.95. The Labute approximate surface area is 178 Å². The van der Waals surface area contributed by atoms with E-state index in [4.69, 9.17) is 0 Å². The number of anilines is 1. The molecule has 1 aromatic carbocycles. The van der Waals surface area contributed by atoms with E-state index in [1.54, 1.807) is 0 Å². The van der Waals surface area contributed by atoms with Crippen molar-refractivity contribution < 1.29 is 4.79 Å². The molecule has 1 aliphatic rings. The van der Waals surface area contributed by atoms with Crippen LogP contribution in [0.15, 0.2) is 48.5 Å². The predicted molar refractivity (Wildman–Crippen MR) is 119 cm³/mol. The van der Waals surface area contributed by atoms with Gasteiger partial charge in [0.2, 0.25) is 5.91 Å². The number of amides is 1. The molecule has 0 bridgehead atoms. The van der Waals surface area contributed by atoms with Crippen molar-refractivity contribution in [2.75, 3.05) is 24.5 Å². The van der Waals surface area contributed by atoms with Gasteiger partial charge in [-0.1, -0.05) is 24.3 Å². The van der Waals surface area contributed by atoms with Crippen LogP contribution in [-0.4, -0.2) is 51.2 Å². The molecule has 1 fully saturated rings. The highest BCUT2D eigenvalue weighted by Crippen LogP contribution is 2.22. The van der Waals surface area contributed by atoms with Crippen LogP contribution in [0.2, 0.25) is 0 Å². The second-order valence-corrected chi connectivity index (χ2v) is 8.09. The summed E-state index contributed by atoms with van der Waals surface area (Å²) in [5, 5.41) is 4.69. The quantitative estimate of drug-likeness (QED) is 0.669. The molecule has 3 aromatic rings. The summed E-state index contributed by atoms with van der Waals surface area (Å²) >= 11 is 0. The lowest BCUT2D eigenvalue weighted by atomic mass is 10.1. The maximum atomic E-state index is 13.2. The van der Waals surface area contributed by atoms with Crippen LogP contribution in [0.25, 0.3) is 5.69 Å². The molecule has 0 saturated carbocycles. The SMILES string of the molecule is Cc1cccc(N2CCN(C(=O)Cc3c(C)nn(-c4ccccc4)c3C)C(C)C2)n1. The Morgan fingerprint density at radius 2 is 1.80 bits per heavy atom. The van der Waals surface area contributed by atoms with Crippen molar-refractivity contribution in [1.29, 1.82) is 0 Å². The number of benzene rings is 1. The number of pyridine rings is 1. The maximum Gasteiger partial charge on any atom is 0.227 e. The van der Waals surface area contributed by atoms with Gasteiger partial charge in [0.15, 0.2) is 0 Å². The second kappa shape index (κ2) is 8.30. The number of rotatable bonds is 4. The molecule has 1 unspecified atom stereocenters. The zero-order valence-corrected chi connectivity index (χ0v) is 18.2. The summed E-state index contributed by atoms with van der Waals surface area (Å²) < 4.78 is 1.93. The summed E-state index contributed by atoms with van der Waals surface area (Å²) in [5.41, 5.74) is 5.01. The number of hydrogen-bond donors (Lipinski definition) is 0. The van der Waals surface area contributed by atoms with Crippen LogP contribution in [0.5, 0.6) is 0 Å². The van der Waals surface area contributed by atoms with Crippen LogP contribution < -0.4 is 4.90 Å². The van der Waals surface area contributed by atoms with E-state index >= 15 is 0 Å². The topological polar surface area (TPSA) is 54.3 Å². The number of nitrogens with zero attached hydrogens (tertiary/aromatic N) is 5. The van der Waals surface area contributed by atoms with Crippen LogP contribution in [0.3, 0.4) is 0 Å². The van der Waals surface area contributed by atoms with E-state index in [1.807, 2.05) is 78.9 Å². The minimum absolute atomic E-state index is 0.137. The highest BCUT2D eigenvalue weighted by Gasteiger charge is 2.29. The number of hydrogen-bond acceptors (Lipinski definition) is 4. The molecule has 1 saturated heterocycles. The van der Waals surface area contributed by atoms with E-state index in [0.717, 1.165) is 47.2 Å². The Hall–Kier alpha value is -3.15. The van der Waals surface area contributed by atoms with Crippen molar-refractivity contribution in [1.82, 2.24) is 19.7 Å². The minimum atomic E-state index is 0.137. The first-order valence-corrected chi connectivity index (χ1v) is 10.5. The van der Waals surface area contributed by atoms with Gasteiger partial charge in [0.1, 0.15) is 5.82 Å². The molecule has 1 aliphatic heterocycles. The van der Waals surface area contributed by atoms with Crippen LogP contribution in [0.1, 0.15) is 29.6 Å². The van der Waals surface area contributed by atoms with Crippen molar-refractivity contribution in [2.45, 2.75) is 40.2 Å². The number of carbonyl (C=O) groups excluding carboxylic acids is 1. The monoisotopic (exact) mass is 403 g/mol. The molecular formula is C24H29N5O. The molecule has 3 heterocycles. The summed E-state index contributed by atoms with van der Waals surface area (Å²) in [6, 6.07) is 16.3. The van der Waals surface area contributed by atoms with Crippen molar-refractivity contribution in [3.8, 4) is 5.69 Å². The Morgan fingerprint density at radius 1 is 1.03 bits per heavy atom. The second-order valence-electron chi connectivity index (χ2n) is 8.09. The van der Waals surface area contributed by atoms with E-state index in [-0.39, 0.29) is 11.9 Å². The summed E-state index contributed by atoms with van der Waals surface area (Å²) in [4.78, 5) is 22.1. The Bertz CT molecular complexity index is 1040. The van der Waals surface area contributed by atoms with Gasteiger partial charge >= 0.3 is 0 Å².